The van der Waals surface area contributed by atoms with E-state index in [-0.39, 0.29) is 5.91 Å². The summed E-state index contributed by atoms with van der Waals surface area (Å²) >= 11 is 1.46. The molecule has 1 fully saturated rings. The molecule has 0 atom stereocenters. The normalized spacial score (nSPS) is 14.7. The van der Waals surface area contributed by atoms with Crippen LogP contribution in [-0.2, 0) is 16.1 Å². The molecule has 1 saturated heterocycles. The second-order valence-electron chi connectivity index (χ2n) is 6.05. The molecule has 0 radical (unpaired) electrons. The largest absolute Gasteiger partial charge is 0.383 e. The Morgan fingerprint density at radius 1 is 1.16 bits per heavy atom. The summed E-state index contributed by atoms with van der Waals surface area (Å²) < 4.78 is 7.26. The van der Waals surface area contributed by atoms with Gasteiger partial charge in [0.15, 0.2) is 11.0 Å². The Balaban J connectivity index is 1.71. The van der Waals surface area contributed by atoms with Crippen LogP contribution in [0.4, 0.5) is 0 Å². The number of benzene rings is 1. The molecule has 0 saturated carbocycles. The van der Waals surface area contributed by atoms with Crippen LogP contribution in [-0.4, -0.2) is 58.1 Å². The average molecular weight is 360 g/mol. The van der Waals surface area contributed by atoms with Gasteiger partial charge in [0, 0.05) is 25.8 Å². The Kier molecular flexibility index (Phi) is 6.47. The van der Waals surface area contributed by atoms with E-state index < -0.39 is 0 Å². The van der Waals surface area contributed by atoms with Crippen LogP contribution in [0, 0.1) is 0 Å². The zero-order valence-corrected chi connectivity index (χ0v) is 15.4. The van der Waals surface area contributed by atoms with Gasteiger partial charge in [-0.15, -0.1) is 10.2 Å². The Labute approximate surface area is 152 Å². The quantitative estimate of drug-likeness (QED) is 0.711. The van der Waals surface area contributed by atoms with Gasteiger partial charge in [0.2, 0.25) is 5.91 Å². The minimum Gasteiger partial charge on any atom is -0.383 e. The summed E-state index contributed by atoms with van der Waals surface area (Å²) in [5, 5.41) is 9.42. The molecule has 1 aromatic carbocycles. The average Bonchev–Trinajstić information content (AvgIpc) is 3.08. The second kappa shape index (κ2) is 9.01. The molecule has 2 heterocycles. The molecule has 3 rings (SSSR count). The third-order valence-electron chi connectivity index (χ3n) is 4.30. The van der Waals surface area contributed by atoms with Crippen LogP contribution in [0.2, 0.25) is 0 Å². The SMILES string of the molecule is COCCn1c(SCC(=O)N2CCCCC2)nnc1-c1ccccc1. The lowest BCUT2D eigenvalue weighted by Crippen LogP contribution is -2.36. The number of methoxy groups -OCH3 is 1. The molecular formula is C18H24N4O2S. The first-order valence-corrected chi connectivity index (χ1v) is 9.66. The molecule has 134 valence electrons. The number of thioether (sulfide) groups is 1. The van der Waals surface area contributed by atoms with E-state index >= 15 is 0 Å². The fourth-order valence-electron chi connectivity index (χ4n) is 2.94. The molecule has 1 aliphatic rings. The van der Waals surface area contributed by atoms with E-state index in [0.717, 1.165) is 42.5 Å². The maximum absolute atomic E-state index is 12.4. The third kappa shape index (κ3) is 4.61. The zero-order valence-electron chi connectivity index (χ0n) is 14.6. The molecule has 0 unspecified atom stereocenters. The highest BCUT2D eigenvalue weighted by atomic mass is 32.2. The summed E-state index contributed by atoms with van der Waals surface area (Å²) in [5.74, 6) is 1.40. The number of piperidine rings is 1. The van der Waals surface area contributed by atoms with Gasteiger partial charge in [-0.25, -0.2) is 0 Å². The highest BCUT2D eigenvalue weighted by Crippen LogP contribution is 2.24. The van der Waals surface area contributed by atoms with Gasteiger partial charge in [0.1, 0.15) is 0 Å². The zero-order chi connectivity index (χ0) is 17.5. The van der Waals surface area contributed by atoms with Gasteiger partial charge >= 0.3 is 0 Å². The summed E-state index contributed by atoms with van der Waals surface area (Å²) in [6.07, 6.45) is 3.44. The number of hydrogen-bond acceptors (Lipinski definition) is 5. The van der Waals surface area contributed by atoms with Crippen molar-refractivity contribution >= 4 is 17.7 Å². The first kappa shape index (κ1) is 17.9. The minimum absolute atomic E-state index is 0.187. The van der Waals surface area contributed by atoms with Crippen LogP contribution in [0.5, 0.6) is 0 Å². The van der Waals surface area contributed by atoms with E-state index in [1.54, 1.807) is 7.11 Å². The topological polar surface area (TPSA) is 60.2 Å². The van der Waals surface area contributed by atoms with Crippen LogP contribution in [0.1, 0.15) is 19.3 Å². The van der Waals surface area contributed by atoms with Gasteiger partial charge in [-0.05, 0) is 19.3 Å². The standard InChI is InChI=1S/C18H24N4O2S/c1-24-13-12-22-17(15-8-4-2-5-9-15)19-20-18(22)25-14-16(23)21-10-6-3-7-11-21/h2,4-5,8-9H,3,6-7,10-14H2,1H3. The van der Waals surface area contributed by atoms with Gasteiger partial charge in [-0.2, -0.15) is 0 Å². The lowest BCUT2D eigenvalue weighted by Gasteiger charge is -2.26. The van der Waals surface area contributed by atoms with Crippen molar-refractivity contribution in [3.63, 3.8) is 0 Å². The van der Waals surface area contributed by atoms with Crippen LogP contribution in [0.15, 0.2) is 35.5 Å². The van der Waals surface area contributed by atoms with Crippen molar-refractivity contribution in [2.24, 2.45) is 0 Å². The highest BCUT2D eigenvalue weighted by molar-refractivity contribution is 7.99. The molecule has 1 aliphatic heterocycles. The predicted molar refractivity (Wildman–Crippen MR) is 98.5 cm³/mol. The molecule has 7 heteroatoms. The van der Waals surface area contributed by atoms with Gasteiger partial charge in [-0.1, -0.05) is 42.1 Å². The molecule has 0 bridgehead atoms. The predicted octanol–water partition coefficient (Wildman–Crippen LogP) is 2.70. The van der Waals surface area contributed by atoms with Crippen LogP contribution in [0.3, 0.4) is 0 Å². The Morgan fingerprint density at radius 3 is 2.64 bits per heavy atom. The molecule has 0 N–H and O–H groups in total. The van der Waals surface area contributed by atoms with Crippen LogP contribution in [0.25, 0.3) is 11.4 Å². The molecule has 0 aliphatic carbocycles. The van der Waals surface area contributed by atoms with Gasteiger partial charge < -0.3 is 9.64 Å². The number of nitrogens with zero attached hydrogens (tertiary/aromatic N) is 4. The fourth-order valence-corrected chi connectivity index (χ4v) is 3.81. The molecule has 6 nitrogen and oxygen atoms in total. The number of aromatic nitrogens is 3. The summed E-state index contributed by atoms with van der Waals surface area (Å²) in [6, 6.07) is 9.97. The number of hydrogen-bond donors (Lipinski definition) is 0. The lowest BCUT2D eigenvalue weighted by atomic mass is 10.1. The van der Waals surface area contributed by atoms with Crippen LogP contribution < -0.4 is 0 Å². The fraction of sp³-hybridized carbons (Fsp3) is 0.500. The first-order chi connectivity index (χ1) is 12.3. The van der Waals surface area contributed by atoms with Crippen LogP contribution >= 0.6 is 11.8 Å². The van der Waals surface area contributed by atoms with E-state index in [1.807, 2.05) is 39.8 Å². The van der Waals surface area contributed by atoms with Crippen molar-refractivity contribution in [2.75, 3.05) is 32.6 Å². The number of amides is 1. The monoisotopic (exact) mass is 360 g/mol. The second-order valence-corrected chi connectivity index (χ2v) is 6.99. The summed E-state index contributed by atoms with van der Waals surface area (Å²) in [7, 11) is 1.68. The lowest BCUT2D eigenvalue weighted by molar-refractivity contribution is -0.129. The molecule has 0 spiro atoms. The third-order valence-corrected chi connectivity index (χ3v) is 5.25. The van der Waals surface area contributed by atoms with Gasteiger partial charge in [0.05, 0.1) is 18.9 Å². The molecule has 25 heavy (non-hydrogen) atoms. The van der Waals surface area contributed by atoms with Crippen molar-refractivity contribution in [1.82, 2.24) is 19.7 Å². The summed E-state index contributed by atoms with van der Waals surface area (Å²) in [6.45, 7) is 3.00. The molecule has 1 amide bonds. The van der Waals surface area contributed by atoms with Crippen molar-refractivity contribution in [3.8, 4) is 11.4 Å². The first-order valence-electron chi connectivity index (χ1n) is 8.67. The molecule has 1 aromatic heterocycles. The van der Waals surface area contributed by atoms with Crippen molar-refractivity contribution < 1.29 is 9.53 Å². The van der Waals surface area contributed by atoms with Gasteiger partial charge in [0.25, 0.3) is 0 Å². The number of carbonyl (C=O) groups is 1. The van der Waals surface area contributed by atoms with Crippen molar-refractivity contribution in [3.05, 3.63) is 30.3 Å². The number of rotatable bonds is 7. The van der Waals surface area contributed by atoms with Gasteiger partial charge in [-0.3, -0.25) is 9.36 Å². The van der Waals surface area contributed by atoms with E-state index in [4.69, 9.17) is 4.74 Å². The Bertz CT molecular complexity index is 684. The highest BCUT2D eigenvalue weighted by Gasteiger charge is 2.19. The van der Waals surface area contributed by atoms with Crippen molar-refractivity contribution in [1.29, 1.82) is 0 Å². The smallest absolute Gasteiger partial charge is 0.233 e. The maximum Gasteiger partial charge on any atom is 0.233 e. The van der Waals surface area contributed by atoms with E-state index in [0.29, 0.717) is 18.9 Å². The van der Waals surface area contributed by atoms with E-state index in [1.165, 1.54) is 18.2 Å². The number of ether oxygens (including phenoxy) is 1. The summed E-state index contributed by atoms with van der Waals surface area (Å²) in [5.41, 5.74) is 1.01. The Hall–Kier alpha value is -1.86. The number of likely N-dealkylation sites (tertiary alicyclic amines) is 1. The molecular weight excluding hydrogens is 336 g/mol. The minimum atomic E-state index is 0.187. The molecule has 2 aromatic rings. The number of carbonyl (C=O) groups excluding carboxylic acids is 1. The van der Waals surface area contributed by atoms with Crippen molar-refractivity contribution in [2.45, 2.75) is 31.0 Å². The van der Waals surface area contributed by atoms with E-state index in [9.17, 15) is 4.79 Å². The summed E-state index contributed by atoms with van der Waals surface area (Å²) in [4.78, 5) is 14.4. The van der Waals surface area contributed by atoms with E-state index in [2.05, 4.69) is 10.2 Å². The Morgan fingerprint density at radius 2 is 1.92 bits per heavy atom. The maximum atomic E-state index is 12.4.